The Morgan fingerprint density at radius 1 is 1.38 bits per heavy atom. The topological polar surface area (TPSA) is 67.5 Å². The van der Waals surface area contributed by atoms with Crippen molar-refractivity contribution in [2.75, 3.05) is 0 Å². The zero-order valence-electron chi connectivity index (χ0n) is 11.0. The van der Waals surface area contributed by atoms with Gasteiger partial charge >= 0.3 is 5.97 Å². The zero-order chi connectivity index (χ0) is 14.8. The normalized spacial score (nSPS) is 12.4. The molecule has 1 N–H and O–H groups in total. The van der Waals surface area contributed by atoms with Gasteiger partial charge in [-0.05, 0) is 23.1 Å². The van der Waals surface area contributed by atoms with Crippen molar-refractivity contribution in [3.63, 3.8) is 0 Å². The molecular formula is C16H12O4S. The van der Waals surface area contributed by atoms with Crippen molar-refractivity contribution in [3.05, 3.63) is 46.9 Å². The first-order valence-electron chi connectivity index (χ1n) is 6.42. The summed E-state index contributed by atoms with van der Waals surface area (Å²) >= 11 is 1.35. The molecule has 0 fully saturated rings. The fraction of sp³-hybridized carbons (Fsp3) is 0.125. The number of benzene rings is 1. The van der Waals surface area contributed by atoms with Gasteiger partial charge < -0.3 is 14.3 Å². The molecule has 0 aliphatic heterocycles. The molecule has 0 spiro atoms. The lowest BCUT2D eigenvalue weighted by Gasteiger charge is -2.05. The zero-order valence-corrected chi connectivity index (χ0v) is 11.8. The van der Waals surface area contributed by atoms with Gasteiger partial charge in [0, 0.05) is 22.2 Å². The average Bonchev–Trinajstić information content (AvgIpc) is 3.12. The highest BCUT2D eigenvalue weighted by molar-refractivity contribution is 7.10. The fourth-order valence-electron chi connectivity index (χ4n) is 2.33. The van der Waals surface area contributed by atoms with Crippen LogP contribution >= 0.6 is 11.3 Å². The van der Waals surface area contributed by atoms with Gasteiger partial charge in [0.15, 0.2) is 0 Å². The lowest BCUT2D eigenvalue weighted by atomic mass is 10.0. The number of carbonyl (C=O) groups excluding carboxylic acids is 1. The molecule has 106 valence electrons. The minimum Gasteiger partial charge on any atom is -0.481 e. The van der Waals surface area contributed by atoms with Gasteiger partial charge in [-0.2, -0.15) is 0 Å². The highest BCUT2D eigenvalue weighted by Crippen LogP contribution is 2.35. The van der Waals surface area contributed by atoms with Crippen molar-refractivity contribution >= 4 is 34.6 Å². The Morgan fingerprint density at radius 3 is 3.00 bits per heavy atom. The summed E-state index contributed by atoms with van der Waals surface area (Å²) < 4.78 is 5.50. The number of furan rings is 1. The molecule has 3 rings (SSSR count). The standard InChI is InChI=1S/C16H12O4S/c17-6-4-13(16(18)19)14-8-11(9-21-14)12-3-1-2-10-5-7-20-15(10)12/h1-3,5-9,13H,4H2,(H,18,19). The summed E-state index contributed by atoms with van der Waals surface area (Å²) in [5.41, 5.74) is 2.62. The van der Waals surface area contributed by atoms with Crippen LogP contribution < -0.4 is 0 Å². The predicted octanol–water partition coefficient (Wildman–Crippen LogP) is 3.92. The maximum absolute atomic E-state index is 11.2. The van der Waals surface area contributed by atoms with E-state index in [1.807, 2.05) is 35.7 Å². The largest absolute Gasteiger partial charge is 0.481 e. The van der Waals surface area contributed by atoms with Crippen molar-refractivity contribution in [2.24, 2.45) is 0 Å². The van der Waals surface area contributed by atoms with Gasteiger partial charge in [-0.15, -0.1) is 11.3 Å². The summed E-state index contributed by atoms with van der Waals surface area (Å²) in [6, 6.07) is 9.54. The number of carboxylic acids is 1. The van der Waals surface area contributed by atoms with Crippen LogP contribution in [0.5, 0.6) is 0 Å². The number of aldehydes is 1. The summed E-state index contributed by atoms with van der Waals surface area (Å²) in [5, 5.41) is 12.1. The van der Waals surface area contributed by atoms with Crippen LogP contribution in [-0.2, 0) is 9.59 Å². The first-order chi connectivity index (χ1) is 10.2. The smallest absolute Gasteiger partial charge is 0.312 e. The number of hydrogen-bond acceptors (Lipinski definition) is 4. The number of carboxylic acid groups (broad SMARTS) is 1. The van der Waals surface area contributed by atoms with Gasteiger partial charge in [-0.1, -0.05) is 18.2 Å². The molecule has 1 atom stereocenters. The van der Waals surface area contributed by atoms with Crippen LogP contribution in [0.25, 0.3) is 22.1 Å². The van der Waals surface area contributed by atoms with E-state index in [1.165, 1.54) is 11.3 Å². The third-order valence-electron chi connectivity index (χ3n) is 3.38. The van der Waals surface area contributed by atoms with Crippen LogP contribution in [0.2, 0.25) is 0 Å². The third kappa shape index (κ3) is 2.48. The number of rotatable bonds is 5. The first kappa shape index (κ1) is 13.6. The quantitative estimate of drug-likeness (QED) is 0.725. The molecular weight excluding hydrogens is 288 g/mol. The second kappa shape index (κ2) is 5.54. The lowest BCUT2D eigenvalue weighted by Crippen LogP contribution is -2.10. The van der Waals surface area contributed by atoms with Gasteiger partial charge in [0.25, 0.3) is 0 Å². The summed E-state index contributed by atoms with van der Waals surface area (Å²) in [5.74, 6) is -1.76. The van der Waals surface area contributed by atoms with E-state index in [2.05, 4.69) is 0 Å². The van der Waals surface area contributed by atoms with E-state index in [9.17, 15) is 14.7 Å². The summed E-state index contributed by atoms with van der Waals surface area (Å²) in [6.07, 6.45) is 2.26. The van der Waals surface area contributed by atoms with Crippen molar-refractivity contribution < 1.29 is 19.1 Å². The number of para-hydroxylation sites is 1. The Balaban J connectivity index is 2.03. The van der Waals surface area contributed by atoms with Gasteiger partial charge in [0.05, 0.1) is 12.2 Å². The number of aliphatic carboxylic acids is 1. The number of thiophene rings is 1. The second-order valence-electron chi connectivity index (χ2n) is 4.68. The predicted molar refractivity (Wildman–Crippen MR) is 80.6 cm³/mol. The molecule has 0 saturated heterocycles. The highest BCUT2D eigenvalue weighted by Gasteiger charge is 2.22. The van der Waals surface area contributed by atoms with E-state index in [0.29, 0.717) is 11.2 Å². The van der Waals surface area contributed by atoms with Crippen LogP contribution in [0.4, 0.5) is 0 Å². The molecule has 0 bridgehead atoms. The SMILES string of the molecule is O=CCC(C(=O)O)c1cc(-c2cccc3ccoc23)cs1. The molecule has 2 aromatic heterocycles. The molecule has 1 unspecified atom stereocenters. The maximum atomic E-state index is 11.2. The van der Waals surface area contributed by atoms with E-state index in [1.54, 1.807) is 6.26 Å². The monoisotopic (exact) mass is 300 g/mol. The molecule has 4 nitrogen and oxygen atoms in total. The molecule has 0 aliphatic carbocycles. The Bertz CT molecular complexity index is 799. The molecule has 2 heterocycles. The van der Waals surface area contributed by atoms with Crippen LogP contribution in [0, 0.1) is 0 Å². The van der Waals surface area contributed by atoms with Crippen LogP contribution in [0.1, 0.15) is 17.2 Å². The maximum Gasteiger partial charge on any atom is 0.312 e. The Hall–Kier alpha value is -2.40. The Labute approximate surface area is 124 Å². The molecule has 0 amide bonds. The van der Waals surface area contributed by atoms with Gasteiger partial charge in [-0.25, -0.2) is 0 Å². The summed E-state index contributed by atoms with van der Waals surface area (Å²) in [7, 11) is 0. The second-order valence-corrected chi connectivity index (χ2v) is 5.62. The van der Waals surface area contributed by atoms with E-state index in [-0.39, 0.29) is 6.42 Å². The van der Waals surface area contributed by atoms with E-state index >= 15 is 0 Å². The number of fused-ring (bicyclic) bond motifs is 1. The Morgan fingerprint density at radius 2 is 2.24 bits per heavy atom. The first-order valence-corrected chi connectivity index (χ1v) is 7.30. The molecule has 5 heteroatoms. The van der Waals surface area contributed by atoms with Gasteiger partial charge in [-0.3, -0.25) is 4.79 Å². The van der Waals surface area contributed by atoms with Gasteiger partial charge in [0.1, 0.15) is 11.9 Å². The van der Waals surface area contributed by atoms with E-state index in [4.69, 9.17) is 4.42 Å². The van der Waals surface area contributed by atoms with E-state index in [0.717, 1.165) is 22.1 Å². The minimum absolute atomic E-state index is 0.0137. The molecule has 21 heavy (non-hydrogen) atoms. The van der Waals surface area contributed by atoms with Crippen molar-refractivity contribution in [2.45, 2.75) is 12.3 Å². The molecule has 0 saturated carbocycles. The van der Waals surface area contributed by atoms with Crippen molar-refractivity contribution in [1.82, 2.24) is 0 Å². The third-order valence-corrected chi connectivity index (χ3v) is 4.43. The van der Waals surface area contributed by atoms with Crippen LogP contribution in [0.3, 0.4) is 0 Å². The summed E-state index contributed by atoms with van der Waals surface area (Å²) in [4.78, 5) is 22.5. The van der Waals surface area contributed by atoms with Gasteiger partial charge in [0.2, 0.25) is 0 Å². The van der Waals surface area contributed by atoms with Crippen LogP contribution in [-0.4, -0.2) is 17.4 Å². The van der Waals surface area contributed by atoms with Crippen LogP contribution in [0.15, 0.2) is 46.4 Å². The lowest BCUT2D eigenvalue weighted by molar-refractivity contribution is -0.139. The van der Waals surface area contributed by atoms with Crippen molar-refractivity contribution in [1.29, 1.82) is 0 Å². The summed E-state index contributed by atoms with van der Waals surface area (Å²) in [6.45, 7) is 0. The Kier molecular flexibility index (Phi) is 3.58. The van der Waals surface area contributed by atoms with Crippen molar-refractivity contribution in [3.8, 4) is 11.1 Å². The highest BCUT2D eigenvalue weighted by atomic mass is 32.1. The number of carbonyl (C=O) groups is 2. The van der Waals surface area contributed by atoms with E-state index < -0.39 is 11.9 Å². The molecule has 0 aliphatic rings. The molecule has 3 aromatic rings. The molecule has 0 radical (unpaired) electrons. The number of hydrogen-bond donors (Lipinski definition) is 1. The molecule has 1 aromatic carbocycles. The average molecular weight is 300 g/mol. The fourth-order valence-corrected chi connectivity index (χ4v) is 3.35. The minimum atomic E-state index is -0.980.